The highest BCUT2D eigenvalue weighted by molar-refractivity contribution is 6.35. The van der Waals surface area contributed by atoms with Crippen LogP contribution >= 0.6 is 0 Å². The Hall–Kier alpha value is -1.51. The van der Waals surface area contributed by atoms with Gasteiger partial charge in [-0.2, -0.15) is 0 Å². The first kappa shape index (κ1) is 22.5. The van der Waals surface area contributed by atoms with E-state index in [1.807, 2.05) is 0 Å². The van der Waals surface area contributed by atoms with Gasteiger partial charge in [-0.05, 0) is 0 Å². The summed E-state index contributed by atoms with van der Waals surface area (Å²) in [6.45, 7) is -2.01. The van der Waals surface area contributed by atoms with Crippen LogP contribution in [0.3, 0.4) is 0 Å². The molecule has 7 atom stereocenters. The van der Waals surface area contributed by atoms with Crippen LogP contribution in [0.25, 0.3) is 0 Å². The predicted molar refractivity (Wildman–Crippen MR) is 71.2 cm³/mol. The molecule has 24 heavy (non-hydrogen) atoms. The topological polar surface area (TPSA) is 222 Å². The van der Waals surface area contributed by atoms with Gasteiger partial charge in [0.2, 0.25) is 0 Å². The number of esters is 1. The summed E-state index contributed by atoms with van der Waals surface area (Å²) in [6, 6.07) is 0. The van der Waals surface area contributed by atoms with Crippen molar-refractivity contribution < 1.29 is 60.0 Å². The molecular formula is C12H20O12. The number of rotatable bonds is 11. The smallest absolute Gasteiger partial charge is 0.378 e. The average molecular weight is 356 g/mol. The van der Waals surface area contributed by atoms with Crippen molar-refractivity contribution in [1.29, 1.82) is 0 Å². The molecular weight excluding hydrogens is 336 g/mol. The molecule has 0 aliphatic rings. The van der Waals surface area contributed by atoms with E-state index in [1.54, 1.807) is 0 Å². The van der Waals surface area contributed by atoms with Gasteiger partial charge in [0.25, 0.3) is 5.78 Å². The molecule has 0 fully saturated rings. The largest absolute Gasteiger partial charge is 0.446 e. The summed E-state index contributed by atoms with van der Waals surface area (Å²) in [5, 5.41) is 73.0. The Kier molecular flexibility index (Phi) is 9.72. The number of carbonyl (C=O) groups excluding carboxylic acids is 3. The Balaban J connectivity index is 4.92. The molecule has 0 aromatic rings. The van der Waals surface area contributed by atoms with Crippen molar-refractivity contribution in [2.75, 3.05) is 13.2 Å². The first-order valence-electron chi connectivity index (χ1n) is 6.62. The number of carbonyl (C=O) groups is 3. The van der Waals surface area contributed by atoms with Crippen LogP contribution < -0.4 is 0 Å². The highest BCUT2D eigenvalue weighted by atomic mass is 16.6. The third-order valence-corrected chi connectivity index (χ3v) is 3.02. The van der Waals surface area contributed by atoms with E-state index in [1.165, 1.54) is 0 Å². The second-order valence-electron chi connectivity index (χ2n) is 4.79. The first-order chi connectivity index (χ1) is 11.1. The van der Waals surface area contributed by atoms with Gasteiger partial charge < -0.3 is 45.6 Å². The first-order valence-corrected chi connectivity index (χ1v) is 6.62. The van der Waals surface area contributed by atoms with Crippen LogP contribution in [0.1, 0.15) is 0 Å². The number of aldehydes is 1. The summed E-state index contributed by atoms with van der Waals surface area (Å²) in [4.78, 5) is 33.8. The maximum atomic E-state index is 11.5. The Labute approximate surface area is 135 Å². The van der Waals surface area contributed by atoms with Gasteiger partial charge in [0.05, 0.1) is 13.2 Å². The second-order valence-corrected chi connectivity index (χ2v) is 4.79. The Morgan fingerprint density at radius 3 is 1.71 bits per heavy atom. The molecule has 0 spiro atoms. The van der Waals surface area contributed by atoms with Gasteiger partial charge in [-0.1, -0.05) is 0 Å². The molecule has 0 aliphatic carbocycles. The third-order valence-electron chi connectivity index (χ3n) is 3.02. The third kappa shape index (κ3) is 5.85. The van der Waals surface area contributed by atoms with E-state index in [2.05, 4.69) is 4.74 Å². The number of hydrogen-bond acceptors (Lipinski definition) is 12. The van der Waals surface area contributed by atoms with Gasteiger partial charge in [-0.25, -0.2) is 4.79 Å². The molecule has 0 heterocycles. The summed E-state index contributed by atoms with van der Waals surface area (Å²) in [6.07, 6.45) is -15.1. The lowest BCUT2D eigenvalue weighted by molar-refractivity contribution is -0.176. The fraction of sp³-hybridized carbons (Fsp3) is 0.750. The zero-order valence-corrected chi connectivity index (χ0v) is 12.2. The minimum Gasteiger partial charge on any atom is -0.446 e. The number of aliphatic hydroxyl groups excluding tert-OH is 8. The number of Topliss-reactive ketones (excluding diaryl/α,β-unsaturated/α-hetero) is 1. The zero-order valence-electron chi connectivity index (χ0n) is 12.2. The Morgan fingerprint density at radius 2 is 1.29 bits per heavy atom. The van der Waals surface area contributed by atoms with E-state index >= 15 is 0 Å². The molecule has 12 nitrogen and oxygen atoms in total. The summed E-state index contributed by atoms with van der Waals surface area (Å²) in [5.41, 5.74) is 0. The summed E-state index contributed by atoms with van der Waals surface area (Å²) in [7, 11) is 0. The molecule has 0 aromatic heterocycles. The molecule has 0 bridgehead atoms. The molecule has 140 valence electrons. The SMILES string of the molecule is O=C[C@H](OC(=O)C(=O)[C@@H](O)[C@H](O)[C@@H](O)CO)[C@@H](O)[C@H](O)[C@H](O)CO. The molecule has 8 N–H and O–H groups in total. The van der Waals surface area contributed by atoms with Crippen LogP contribution in [0.15, 0.2) is 0 Å². The van der Waals surface area contributed by atoms with Crippen LogP contribution in [0, 0.1) is 0 Å². The fourth-order valence-corrected chi connectivity index (χ4v) is 1.48. The number of hydrogen-bond donors (Lipinski definition) is 8. The number of ether oxygens (including phenoxy) is 1. The van der Waals surface area contributed by atoms with Crippen molar-refractivity contribution in [3.63, 3.8) is 0 Å². The molecule has 0 unspecified atom stereocenters. The van der Waals surface area contributed by atoms with Crippen LogP contribution in [0.5, 0.6) is 0 Å². The van der Waals surface area contributed by atoms with E-state index in [-0.39, 0.29) is 6.29 Å². The van der Waals surface area contributed by atoms with Crippen LogP contribution in [-0.2, 0) is 19.1 Å². The van der Waals surface area contributed by atoms with Crippen molar-refractivity contribution in [3.05, 3.63) is 0 Å². The van der Waals surface area contributed by atoms with E-state index in [0.29, 0.717) is 0 Å². The molecule has 0 radical (unpaired) electrons. The van der Waals surface area contributed by atoms with Gasteiger partial charge in [0.15, 0.2) is 18.5 Å². The standard InChI is InChI=1S/C12H20O12/c13-1-4(16)7(18)9(20)6(3-15)24-12(23)11(22)10(21)8(19)5(17)2-14/h3-10,13-14,16-21H,1-2H2/t4-,5+,6+,7-,8-,9-,10+/m1/s1. The Morgan fingerprint density at radius 1 is 0.833 bits per heavy atom. The maximum Gasteiger partial charge on any atom is 0.378 e. The molecule has 0 aromatic carbocycles. The van der Waals surface area contributed by atoms with Crippen LogP contribution in [0.2, 0.25) is 0 Å². The van der Waals surface area contributed by atoms with Crippen molar-refractivity contribution in [2.24, 2.45) is 0 Å². The lowest BCUT2D eigenvalue weighted by Gasteiger charge is -2.26. The van der Waals surface area contributed by atoms with Gasteiger partial charge >= 0.3 is 5.97 Å². The van der Waals surface area contributed by atoms with Crippen LogP contribution in [0.4, 0.5) is 0 Å². The molecule has 0 aliphatic heterocycles. The predicted octanol–water partition coefficient (Wildman–Crippen LogP) is -6.18. The normalized spacial score (nSPS) is 20.2. The number of aliphatic hydroxyl groups is 8. The molecule has 0 saturated heterocycles. The molecule has 0 saturated carbocycles. The minimum atomic E-state index is -2.49. The van der Waals surface area contributed by atoms with Gasteiger partial charge in [-0.3, -0.25) is 9.59 Å². The highest BCUT2D eigenvalue weighted by Crippen LogP contribution is 2.09. The van der Waals surface area contributed by atoms with Crippen molar-refractivity contribution in [1.82, 2.24) is 0 Å². The summed E-state index contributed by atoms with van der Waals surface area (Å²) >= 11 is 0. The van der Waals surface area contributed by atoms with E-state index in [9.17, 15) is 34.8 Å². The van der Waals surface area contributed by atoms with Crippen LogP contribution in [-0.4, -0.2) is 115 Å². The fourth-order valence-electron chi connectivity index (χ4n) is 1.48. The quantitative estimate of drug-likeness (QED) is 0.0983. The molecule has 0 rings (SSSR count). The molecule has 12 heteroatoms. The van der Waals surface area contributed by atoms with Gasteiger partial charge in [0.1, 0.15) is 30.5 Å². The van der Waals surface area contributed by atoms with E-state index in [0.717, 1.165) is 0 Å². The van der Waals surface area contributed by atoms with E-state index < -0.39 is 67.7 Å². The summed E-state index contributed by atoms with van der Waals surface area (Å²) in [5.74, 6) is -3.69. The maximum absolute atomic E-state index is 11.5. The number of ketones is 1. The molecule has 0 amide bonds. The lowest BCUT2D eigenvalue weighted by Crippen LogP contribution is -2.50. The summed E-state index contributed by atoms with van der Waals surface area (Å²) < 4.78 is 4.25. The lowest BCUT2D eigenvalue weighted by atomic mass is 10.0. The van der Waals surface area contributed by atoms with Crippen molar-refractivity contribution in [2.45, 2.75) is 42.7 Å². The van der Waals surface area contributed by atoms with Crippen molar-refractivity contribution in [3.8, 4) is 0 Å². The van der Waals surface area contributed by atoms with Gasteiger partial charge in [-0.15, -0.1) is 0 Å². The zero-order chi connectivity index (χ0) is 19.0. The van der Waals surface area contributed by atoms with E-state index in [4.69, 9.17) is 20.4 Å². The average Bonchev–Trinajstić information content (AvgIpc) is 2.60. The van der Waals surface area contributed by atoms with Crippen molar-refractivity contribution >= 4 is 18.0 Å². The Bertz CT molecular complexity index is 426. The second kappa shape index (κ2) is 10.4. The highest BCUT2D eigenvalue weighted by Gasteiger charge is 2.38. The monoisotopic (exact) mass is 356 g/mol. The van der Waals surface area contributed by atoms with Gasteiger partial charge in [0, 0.05) is 0 Å². The minimum absolute atomic E-state index is 0.186.